The summed E-state index contributed by atoms with van der Waals surface area (Å²) in [4.78, 5) is 41.3. The molecule has 0 unspecified atom stereocenters. The van der Waals surface area contributed by atoms with E-state index >= 15 is 0 Å². The number of thioether (sulfide) groups is 1. The molecule has 7 heteroatoms. The molecule has 2 aromatic carbocycles. The first-order valence-electron chi connectivity index (χ1n) is 10.8. The number of para-hydroxylation sites is 1. The van der Waals surface area contributed by atoms with Gasteiger partial charge in [-0.2, -0.15) is 0 Å². The van der Waals surface area contributed by atoms with Crippen LogP contribution >= 0.6 is 11.8 Å². The van der Waals surface area contributed by atoms with Crippen LogP contribution < -0.4 is 10.2 Å². The zero-order valence-electron chi connectivity index (χ0n) is 19.4. The SMILES string of the molecule is CC1=CC(C)(C)N(C)c2ccc(/C=C3\SC(=O)N(CC(=O)Nc4ccccc4C)C3=O)cc21. The number of carbonyl (C=O) groups excluding carboxylic acids is 3. The van der Waals surface area contributed by atoms with Gasteiger partial charge in [0.05, 0.1) is 10.4 Å². The Hall–Kier alpha value is -3.32. The molecular formula is C26H27N3O3S. The van der Waals surface area contributed by atoms with Crippen LogP contribution in [0.3, 0.4) is 0 Å². The van der Waals surface area contributed by atoms with Crippen LogP contribution in [0.1, 0.15) is 37.5 Å². The molecule has 0 atom stereocenters. The largest absolute Gasteiger partial charge is 0.366 e. The van der Waals surface area contributed by atoms with Crippen LogP contribution in [0, 0.1) is 6.92 Å². The van der Waals surface area contributed by atoms with E-state index in [1.807, 2.05) is 43.3 Å². The molecule has 2 aromatic rings. The molecule has 0 saturated carbocycles. The quantitative estimate of drug-likeness (QED) is 0.626. The minimum Gasteiger partial charge on any atom is -0.366 e. The molecule has 0 spiro atoms. The number of rotatable bonds is 4. The van der Waals surface area contributed by atoms with Crippen LogP contribution in [-0.4, -0.2) is 41.1 Å². The molecule has 2 aliphatic heterocycles. The van der Waals surface area contributed by atoms with Crippen molar-refractivity contribution >= 4 is 51.8 Å². The number of carbonyl (C=O) groups is 3. The van der Waals surface area contributed by atoms with Crippen LogP contribution in [0.15, 0.2) is 53.4 Å². The summed E-state index contributed by atoms with van der Waals surface area (Å²) < 4.78 is 0. The molecule has 0 aliphatic carbocycles. The Morgan fingerprint density at radius 1 is 1.12 bits per heavy atom. The summed E-state index contributed by atoms with van der Waals surface area (Å²) in [6.45, 7) is 7.98. The molecule has 0 aromatic heterocycles. The van der Waals surface area contributed by atoms with Gasteiger partial charge in [-0.3, -0.25) is 19.3 Å². The van der Waals surface area contributed by atoms with E-state index in [1.54, 1.807) is 12.1 Å². The van der Waals surface area contributed by atoms with Gasteiger partial charge in [0.2, 0.25) is 5.91 Å². The van der Waals surface area contributed by atoms with Crippen molar-refractivity contribution in [2.45, 2.75) is 33.2 Å². The number of aryl methyl sites for hydroxylation is 1. The molecular weight excluding hydrogens is 434 g/mol. The Balaban J connectivity index is 1.52. The van der Waals surface area contributed by atoms with Crippen LogP contribution in [0.25, 0.3) is 11.6 Å². The first kappa shape index (κ1) is 22.9. The molecule has 4 rings (SSSR count). The second-order valence-electron chi connectivity index (χ2n) is 8.95. The van der Waals surface area contributed by atoms with Crippen molar-refractivity contribution in [1.29, 1.82) is 0 Å². The van der Waals surface area contributed by atoms with Gasteiger partial charge >= 0.3 is 0 Å². The normalized spacial score (nSPS) is 18.5. The van der Waals surface area contributed by atoms with E-state index in [9.17, 15) is 14.4 Å². The molecule has 1 saturated heterocycles. The van der Waals surface area contributed by atoms with E-state index in [1.165, 1.54) is 5.57 Å². The Morgan fingerprint density at radius 3 is 2.58 bits per heavy atom. The molecule has 6 nitrogen and oxygen atoms in total. The summed E-state index contributed by atoms with van der Waals surface area (Å²) in [5, 5.41) is 2.32. The summed E-state index contributed by atoms with van der Waals surface area (Å²) in [7, 11) is 2.06. The van der Waals surface area contributed by atoms with Gasteiger partial charge in [-0.1, -0.05) is 30.3 Å². The van der Waals surface area contributed by atoms with E-state index < -0.39 is 17.1 Å². The maximum absolute atomic E-state index is 12.9. The van der Waals surface area contributed by atoms with Crippen molar-refractivity contribution in [3.05, 3.63) is 70.1 Å². The number of nitrogens with zero attached hydrogens (tertiary/aromatic N) is 2. The third-order valence-corrected chi connectivity index (χ3v) is 7.04. The highest BCUT2D eigenvalue weighted by molar-refractivity contribution is 8.18. The summed E-state index contributed by atoms with van der Waals surface area (Å²) in [5.41, 5.74) is 5.72. The Labute approximate surface area is 198 Å². The van der Waals surface area contributed by atoms with Gasteiger partial charge in [0.1, 0.15) is 6.54 Å². The number of amides is 3. The van der Waals surface area contributed by atoms with Gasteiger partial charge in [-0.25, -0.2) is 0 Å². The number of fused-ring (bicyclic) bond motifs is 1. The van der Waals surface area contributed by atoms with E-state index in [0.717, 1.165) is 39.0 Å². The lowest BCUT2D eigenvalue weighted by molar-refractivity contribution is -0.127. The zero-order chi connectivity index (χ0) is 23.9. The lowest BCUT2D eigenvalue weighted by atomic mass is 9.88. The fourth-order valence-corrected chi connectivity index (χ4v) is 4.94. The number of likely N-dealkylation sites (N-methyl/N-ethyl adjacent to an activating group) is 1. The highest BCUT2D eigenvalue weighted by Gasteiger charge is 2.36. The van der Waals surface area contributed by atoms with Crippen LogP contribution in [-0.2, 0) is 9.59 Å². The maximum atomic E-state index is 12.9. The van der Waals surface area contributed by atoms with E-state index in [-0.39, 0.29) is 12.1 Å². The number of imide groups is 1. The predicted molar refractivity (Wildman–Crippen MR) is 135 cm³/mol. The standard InChI is InChI=1S/C26H27N3O3S/c1-16-8-6-7-9-20(16)27-23(30)15-29-24(31)22(33-25(29)32)13-18-10-11-21-19(12-18)17(2)14-26(3,4)28(21)5/h6-14H,15H2,1-5H3,(H,27,30)/b22-13-. The minimum atomic E-state index is -0.451. The van der Waals surface area contributed by atoms with Gasteiger partial charge in [0.15, 0.2) is 0 Å². The molecule has 2 aliphatic rings. The predicted octanol–water partition coefficient (Wildman–Crippen LogP) is 5.30. The fraction of sp³-hybridized carbons (Fsp3) is 0.269. The summed E-state index contributed by atoms with van der Waals surface area (Å²) in [6.07, 6.45) is 3.94. The van der Waals surface area contributed by atoms with Crippen molar-refractivity contribution in [3.63, 3.8) is 0 Å². The monoisotopic (exact) mass is 461 g/mol. The number of hydrogen-bond donors (Lipinski definition) is 1. The number of benzene rings is 2. The number of nitrogens with one attached hydrogen (secondary N) is 1. The highest BCUT2D eigenvalue weighted by Crippen LogP contribution is 2.39. The third kappa shape index (κ3) is 4.46. The molecule has 1 fully saturated rings. The lowest BCUT2D eigenvalue weighted by Crippen LogP contribution is -2.42. The summed E-state index contributed by atoms with van der Waals surface area (Å²) >= 11 is 0.860. The van der Waals surface area contributed by atoms with Gasteiger partial charge in [-0.05, 0) is 80.4 Å². The van der Waals surface area contributed by atoms with E-state index in [0.29, 0.717) is 10.6 Å². The smallest absolute Gasteiger partial charge is 0.294 e. The molecule has 0 radical (unpaired) electrons. The molecule has 1 N–H and O–H groups in total. The van der Waals surface area contributed by atoms with Crippen molar-refractivity contribution in [2.24, 2.45) is 0 Å². The number of anilines is 2. The average molecular weight is 462 g/mol. The first-order valence-corrected chi connectivity index (χ1v) is 11.6. The molecule has 0 bridgehead atoms. The topological polar surface area (TPSA) is 69.7 Å². The summed E-state index contributed by atoms with van der Waals surface area (Å²) in [6, 6.07) is 13.4. The lowest BCUT2D eigenvalue weighted by Gasteiger charge is -2.40. The average Bonchev–Trinajstić information content (AvgIpc) is 3.01. The first-order chi connectivity index (χ1) is 15.6. The van der Waals surface area contributed by atoms with Crippen LogP contribution in [0.2, 0.25) is 0 Å². The van der Waals surface area contributed by atoms with Gasteiger partial charge in [0, 0.05) is 24.0 Å². The van der Waals surface area contributed by atoms with Gasteiger partial charge in [-0.15, -0.1) is 0 Å². The van der Waals surface area contributed by atoms with E-state index in [4.69, 9.17) is 0 Å². The second kappa shape index (κ2) is 8.56. The van der Waals surface area contributed by atoms with Crippen molar-refractivity contribution < 1.29 is 14.4 Å². The fourth-order valence-electron chi connectivity index (χ4n) is 4.10. The van der Waals surface area contributed by atoms with Crippen molar-refractivity contribution in [3.8, 4) is 0 Å². The Bertz CT molecular complexity index is 1230. The second-order valence-corrected chi connectivity index (χ2v) is 9.94. The van der Waals surface area contributed by atoms with Gasteiger partial charge < -0.3 is 10.2 Å². The zero-order valence-corrected chi connectivity index (χ0v) is 20.2. The third-order valence-electron chi connectivity index (χ3n) is 6.13. The van der Waals surface area contributed by atoms with E-state index in [2.05, 4.69) is 44.1 Å². The molecule has 33 heavy (non-hydrogen) atoms. The Kier molecular flexibility index (Phi) is 5.93. The number of allylic oxidation sites excluding steroid dienone is 1. The van der Waals surface area contributed by atoms with Crippen LogP contribution in [0.4, 0.5) is 16.2 Å². The number of hydrogen-bond acceptors (Lipinski definition) is 5. The maximum Gasteiger partial charge on any atom is 0.294 e. The summed E-state index contributed by atoms with van der Waals surface area (Å²) in [5.74, 6) is -0.860. The highest BCUT2D eigenvalue weighted by atomic mass is 32.2. The minimum absolute atomic E-state index is 0.0832. The van der Waals surface area contributed by atoms with Crippen molar-refractivity contribution in [1.82, 2.24) is 4.90 Å². The van der Waals surface area contributed by atoms with Crippen molar-refractivity contribution in [2.75, 3.05) is 23.8 Å². The van der Waals surface area contributed by atoms with Gasteiger partial charge in [0.25, 0.3) is 11.1 Å². The molecule has 3 amide bonds. The van der Waals surface area contributed by atoms with Crippen LogP contribution in [0.5, 0.6) is 0 Å². The Morgan fingerprint density at radius 2 is 1.85 bits per heavy atom. The molecule has 2 heterocycles. The molecule has 170 valence electrons.